The van der Waals surface area contributed by atoms with Crippen LogP contribution < -0.4 is 20.7 Å². The highest BCUT2D eigenvalue weighted by Gasteiger charge is 2.34. The molecular formula is C48H54N6O11. The Balaban J connectivity index is 1.20. The number of hydrogen-bond acceptors (Lipinski definition) is 12. The highest BCUT2D eigenvalue weighted by atomic mass is 16.7. The number of carbonyl (C=O) groups is 7. The number of furan rings is 1. The molecule has 0 aliphatic carbocycles. The number of aromatic nitrogens is 2. The molecule has 5 aromatic rings. The van der Waals surface area contributed by atoms with Gasteiger partial charge in [0.15, 0.2) is 5.76 Å². The van der Waals surface area contributed by atoms with Gasteiger partial charge in [-0.15, -0.1) is 0 Å². The second kappa shape index (κ2) is 24.3. The number of Topliss-reactive ketones (excluding diaryl/α,β-unsaturated/α-hetero) is 1. The Bertz CT molecular complexity index is 2380. The molecule has 0 saturated carbocycles. The second-order valence-electron chi connectivity index (χ2n) is 15.0. The number of rotatable bonds is 25. The van der Waals surface area contributed by atoms with Crippen molar-refractivity contribution in [2.75, 3.05) is 13.3 Å². The third-order valence-corrected chi connectivity index (χ3v) is 10.3. The third kappa shape index (κ3) is 13.7. The lowest BCUT2D eigenvalue weighted by Crippen LogP contribution is -2.49. The number of ketones is 1. The van der Waals surface area contributed by atoms with Crippen molar-refractivity contribution < 1.29 is 52.3 Å². The molecule has 0 unspecified atom stereocenters. The molecule has 342 valence electrons. The lowest BCUT2D eigenvalue weighted by Gasteiger charge is -2.31. The quantitative estimate of drug-likeness (QED) is 0.0192. The molecule has 0 bridgehead atoms. The molecule has 3 atom stereocenters. The Labute approximate surface area is 376 Å². The van der Waals surface area contributed by atoms with Gasteiger partial charge in [-0.25, -0.2) is 14.6 Å². The topological polar surface area (TPSA) is 217 Å². The number of esters is 1. The number of carbonyl (C=O) groups excluding carboxylic acids is 7. The maximum absolute atomic E-state index is 13.7. The zero-order valence-electron chi connectivity index (χ0n) is 36.8. The van der Waals surface area contributed by atoms with E-state index in [2.05, 4.69) is 20.9 Å². The highest BCUT2D eigenvalue weighted by molar-refractivity contribution is 6.00. The van der Waals surface area contributed by atoms with E-state index in [-0.39, 0.29) is 66.9 Å². The number of nitrogens with zero attached hydrogens (tertiary/aromatic N) is 3. The monoisotopic (exact) mass is 890 g/mol. The number of unbranched alkanes of at least 4 members (excludes halogenated alkanes) is 2. The molecule has 17 nitrogen and oxygen atoms in total. The zero-order chi connectivity index (χ0) is 46.7. The zero-order valence-corrected chi connectivity index (χ0v) is 36.8. The van der Waals surface area contributed by atoms with Gasteiger partial charge in [0.25, 0.3) is 11.8 Å². The number of nitrogens with one attached hydrogen (secondary N) is 3. The minimum Gasteiger partial charge on any atom is -0.493 e. The van der Waals surface area contributed by atoms with Gasteiger partial charge in [-0.1, -0.05) is 69.5 Å². The van der Waals surface area contributed by atoms with E-state index in [0.717, 1.165) is 29.2 Å². The first-order valence-electron chi connectivity index (χ1n) is 21.4. The maximum Gasteiger partial charge on any atom is 0.363 e. The normalized spacial score (nSPS) is 12.2. The van der Waals surface area contributed by atoms with Gasteiger partial charge in [0.1, 0.15) is 29.9 Å². The number of benzene rings is 3. The van der Waals surface area contributed by atoms with Crippen molar-refractivity contribution in [2.24, 2.45) is 5.92 Å². The first kappa shape index (κ1) is 48.5. The summed E-state index contributed by atoms with van der Waals surface area (Å²) >= 11 is 0. The van der Waals surface area contributed by atoms with Crippen molar-refractivity contribution in [3.63, 3.8) is 0 Å². The molecule has 17 heteroatoms. The largest absolute Gasteiger partial charge is 0.493 e. The van der Waals surface area contributed by atoms with E-state index in [1.165, 1.54) is 19.1 Å². The van der Waals surface area contributed by atoms with Gasteiger partial charge < -0.3 is 39.2 Å². The molecule has 0 radical (unpaired) electrons. The number of hydrogen-bond donors (Lipinski definition) is 3. The van der Waals surface area contributed by atoms with Gasteiger partial charge in [0.05, 0.1) is 42.7 Å². The summed E-state index contributed by atoms with van der Waals surface area (Å²) < 4.78 is 18.8. The first-order valence-corrected chi connectivity index (χ1v) is 21.4. The van der Waals surface area contributed by atoms with Gasteiger partial charge in [-0.3, -0.25) is 24.0 Å². The van der Waals surface area contributed by atoms with E-state index in [4.69, 9.17) is 18.7 Å². The summed E-state index contributed by atoms with van der Waals surface area (Å²) in [5, 5.41) is 8.83. The van der Waals surface area contributed by atoms with Crippen LogP contribution in [0.15, 0.2) is 108 Å². The van der Waals surface area contributed by atoms with E-state index in [9.17, 15) is 33.6 Å². The molecule has 0 aliphatic heterocycles. The number of hydroxylamine groups is 2. The van der Waals surface area contributed by atoms with E-state index in [1.54, 1.807) is 104 Å². The van der Waals surface area contributed by atoms with Crippen LogP contribution in [0.5, 0.6) is 5.75 Å². The van der Waals surface area contributed by atoms with Crippen molar-refractivity contribution in [3.8, 4) is 22.8 Å². The minimum atomic E-state index is -1.24. The van der Waals surface area contributed by atoms with Crippen LogP contribution in [0, 0.1) is 5.92 Å². The fraction of sp³-hybridized carbons (Fsp3) is 0.333. The molecule has 3 N–H and O–H groups in total. The third-order valence-electron chi connectivity index (χ3n) is 10.3. The number of imidazole rings is 1. The molecule has 2 heterocycles. The summed E-state index contributed by atoms with van der Waals surface area (Å²) in [4.78, 5) is 100. The van der Waals surface area contributed by atoms with Gasteiger partial charge in [0, 0.05) is 30.1 Å². The van der Waals surface area contributed by atoms with E-state index in [0.29, 0.717) is 24.8 Å². The molecule has 2 aromatic heterocycles. The Kier molecular flexibility index (Phi) is 18.1. The summed E-state index contributed by atoms with van der Waals surface area (Å²) in [6, 6.07) is 21.1. The standard InChI is InChI=1S/C48H54N6O11/c1-5-8-10-15-37(40(6-2)54(31-55)65-47(60)34-16-19-36(20-17-34)53-25-24-49-30-53)44(57)50-29-51-46(59)42-23-22-41(64-42)35-18-21-38(43(27-35)62-7-3)45(58)52-39(26-32(4)56)48(61)63-28-33-13-11-9-12-14-33/h9,11-14,16-25,27,30-31,37,39-40H,5-8,10,15,26,28-29H2,1-4H3,(H,50,57)(H,51,59)(H,52,58)/t37-,39+,40-/m1/s1. The molecular weight excluding hydrogens is 837 g/mol. The molecule has 0 fully saturated rings. The Morgan fingerprint density at radius 2 is 1.66 bits per heavy atom. The average molecular weight is 891 g/mol. The molecule has 65 heavy (non-hydrogen) atoms. The summed E-state index contributed by atoms with van der Waals surface area (Å²) in [6.07, 6.45) is 8.19. The van der Waals surface area contributed by atoms with Gasteiger partial charge >= 0.3 is 11.9 Å². The van der Waals surface area contributed by atoms with Crippen LogP contribution in [0.2, 0.25) is 0 Å². The SMILES string of the molecule is CCCCC[C@@H](C(=O)NCNC(=O)c1ccc(-c2ccc(C(=O)N[C@@H](CC(C)=O)C(=O)OCc3ccccc3)c(OCC)c2)o1)[C@@H](CC)N(C=O)OC(=O)c1ccc(-n2ccnc2)cc1. The molecule has 5 rings (SSSR count). The highest BCUT2D eigenvalue weighted by Crippen LogP contribution is 2.30. The van der Waals surface area contributed by atoms with Crippen LogP contribution in [-0.2, 0) is 35.4 Å². The summed E-state index contributed by atoms with van der Waals surface area (Å²) in [6.45, 7) is 6.73. The molecule has 0 saturated heterocycles. The average Bonchev–Trinajstić information content (AvgIpc) is 4.04. The van der Waals surface area contributed by atoms with Crippen LogP contribution >= 0.6 is 0 Å². The number of amides is 4. The molecule has 4 amide bonds. The van der Waals surface area contributed by atoms with E-state index < -0.39 is 47.7 Å². The van der Waals surface area contributed by atoms with Crippen LogP contribution in [-0.4, -0.2) is 81.8 Å². The summed E-state index contributed by atoms with van der Waals surface area (Å²) in [5.41, 5.74) is 2.27. The molecule has 3 aromatic carbocycles. The van der Waals surface area contributed by atoms with Gasteiger partial charge in [0.2, 0.25) is 12.3 Å². The van der Waals surface area contributed by atoms with Crippen LogP contribution in [0.4, 0.5) is 0 Å². The fourth-order valence-electron chi connectivity index (χ4n) is 6.98. The van der Waals surface area contributed by atoms with Crippen molar-refractivity contribution in [2.45, 2.75) is 84.9 Å². The predicted molar refractivity (Wildman–Crippen MR) is 237 cm³/mol. The van der Waals surface area contributed by atoms with Crippen molar-refractivity contribution >= 4 is 41.9 Å². The van der Waals surface area contributed by atoms with Crippen LogP contribution in [0.1, 0.15) is 103 Å². The lowest BCUT2D eigenvalue weighted by atomic mass is 9.90. The summed E-state index contributed by atoms with van der Waals surface area (Å²) in [7, 11) is 0. The Morgan fingerprint density at radius 1 is 0.892 bits per heavy atom. The maximum atomic E-state index is 13.7. The van der Waals surface area contributed by atoms with Crippen molar-refractivity contribution in [1.82, 2.24) is 30.6 Å². The molecule has 0 aliphatic rings. The van der Waals surface area contributed by atoms with E-state index >= 15 is 0 Å². The Hall–Kier alpha value is -7.56. The van der Waals surface area contributed by atoms with E-state index in [1.807, 2.05) is 13.0 Å². The molecule has 0 spiro atoms. The minimum absolute atomic E-state index is 0.0346. The van der Waals surface area contributed by atoms with Crippen LogP contribution in [0.3, 0.4) is 0 Å². The Morgan fingerprint density at radius 3 is 2.32 bits per heavy atom. The van der Waals surface area contributed by atoms with Crippen molar-refractivity contribution in [3.05, 3.63) is 126 Å². The second-order valence-corrected chi connectivity index (χ2v) is 15.0. The van der Waals surface area contributed by atoms with Gasteiger partial charge in [-0.2, -0.15) is 5.06 Å². The predicted octanol–water partition coefficient (Wildman–Crippen LogP) is 6.36. The lowest BCUT2D eigenvalue weighted by molar-refractivity contribution is -0.171. The first-order chi connectivity index (χ1) is 31.5. The summed E-state index contributed by atoms with van der Waals surface area (Å²) in [5.74, 6) is -4.04. The van der Waals surface area contributed by atoms with Crippen LogP contribution in [0.25, 0.3) is 17.0 Å². The fourth-order valence-corrected chi connectivity index (χ4v) is 6.98. The number of ether oxygens (including phenoxy) is 2. The van der Waals surface area contributed by atoms with Gasteiger partial charge in [-0.05, 0) is 80.8 Å². The van der Waals surface area contributed by atoms with Crippen molar-refractivity contribution in [1.29, 1.82) is 0 Å². The smallest absolute Gasteiger partial charge is 0.363 e.